The molecule has 0 saturated carbocycles. The van der Waals surface area contributed by atoms with E-state index in [1.165, 1.54) is 33.3 Å². The van der Waals surface area contributed by atoms with Crippen LogP contribution in [0.4, 0.5) is 0 Å². The minimum atomic E-state index is -0.799. The molecule has 1 aromatic carbocycles. The van der Waals surface area contributed by atoms with Crippen molar-refractivity contribution in [2.24, 2.45) is 0 Å². The fourth-order valence-electron chi connectivity index (χ4n) is 2.84. The zero-order chi connectivity index (χ0) is 22.4. The lowest BCUT2D eigenvalue weighted by Gasteiger charge is -2.14. The number of esters is 2. The highest BCUT2D eigenvalue weighted by Crippen LogP contribution is 2.31. The Kier molecular flexibility index (Phi) is 7.35. The van der Waals surface area contributed by atoms with Crippen LogP contribution in [0.2, 0.25) is 0 Å². The van der Waals surface area contributed by atoms with Gasteiger partial charge in [-0.2, -0.15) is 0 Å². The first-order valence-corrected chi connectivity index (χ1v) is 8.89. The lowest BCUT2D eigenvalue weighted by atomic mass is 9.97. The van der Waals surface area contributed by atoms with Crippen molar-refractivity contribution in [2.75, 3.05) is 21.3 Å². The SMILES string of the molecule is COC(=O)c1cc(OC)cc(OC)c1C(=O)c1coc(C[C@H](C)OC(C)=O)cc1=O. The van der Waals surface area contributed by atoms with Gasteiger partial charge in [-0.1, -0.05) is 0 Å². The molecule has 0 spiro atoms. The summed E-state index contributed by atoms with van der Waals surface area (Å²) in [5.41, 5.74) is -1.19. The van der Waals surface area contributed by atoms with E-state index < -0.39 is 29.3 Å². The molecular weight excluding hydrogens is 396 g/mol. The Hall–Kier alpha value is -3.62. The summed E-state index contributed by atoms with van der Waals surface area (Å²) in [4.78, 5) is 48.9. The van der Waals surface area contributed by atoms with Crippen molar-refractivity contribution in [2.45, 2.75) is 26.4 Å². The zero-order valence-corrected chi connectivity index (χ0v) is 17.3. The molecule has 0 aliphatic carbocycles. The summed E-state index contributed by atoms with van der Waals surface area (Å²) in [5.74, 6) is -1.49. The standard InChI is InChI=1S/C21H22O9/c1-11(30-12(2)22)6-14-8-17(23)16(10-29-14)20(24)19-15(21(25)28-5)7-13(26-3)9-18(19)27-4/h7-11H,6H2,1-5H3/t11-/m0/s1. The second-order valence-corrected chi connectivity index (χ2v) is 6.32. The third kappa shape index (κ3) is 5.05. The maximum atomic E-state index is 13.1. The van der Waals surface area contributed by atoms with Gasteiger partial charge in [0.1, 0.15) is 35.2 Å². The summed E-state index contributed by atoms with van der Waals surface area (Å²) in [6, 6.07) is 3.87. The monoisotopic (exact) mass is 418 g/mol. The first kappa shape index (κ1) is 22.7. The Morgan fingerprint density at radius 3 is 2.27 bits per heavy atom. The van der Waals surface area contributed by atoms with E-state index >= 15 is 0 Å². The Balaban J connectivity index is 2.49. The zero-order valence-electron chi connectivity index (χ0n) is 17.3. The summed E-state index contributed by atoms with van der Waals surface area (Å²) in [6.07, 6.45) is 0.646. The van der Waals surface area contributed by atoms with E-state index in [1.807, 2.05) is 0 Å². The molecule has 30 heavy (non-hydrogen) atoms. The molecule has 0 bridgehead atoms. The molecule has 2 rings (SSSR count). The number of rotatable bonds is 8. The number of hydrogen-bond donors (Lipinski definition) is 0. The van der Waals surface area contributed by atoms with Crippen LogP contribution < -0.4 is 14.9 Å². The highest BCUT2D eigenvalue weighted by Gasteiger charge is 2.27. The molecular formula is C21H22O9. The van der Waals surface area contributed by atoms with Gasteiger partial charge in [0, 0.05) is 25.5 Å². The lowest BCUT2D eigenvalue weighted by Crippen LogP contribution is -2.21. The van der Waals surface area contributed by atoms with E-state index in [9.17, 15) is 19.2 Å². The number of carbonyl (C=O) groups excluding carboxylic acids is 3. The highest BCUT2D eigenvalue weighted by atomic mass is 16.5. The summed E-state index contributed by atoms with van der Waals surface area (Å²) in [6.45, 7) is 2.92. The van der Waals surface area contributed by atoms with Gasteiger partial charge in [-0.05, 0) is 13.0 Å². The summed E-state index contributed by atoms with van der Waals surface area (Å²) >= 11 is 0. The fourth-order valence-corrected chi connectivity index (χ4v) is 2.84. The number of carbonyl (C=O) groups is 3. The molecule has 1 atom stereocenters. The fraction of sp³-hybridized carbons (Fsp3) is 0.333. The molecule has 0 aliphatic rings. The average Bonchev–Trinajstić information content (AvgIpc) is 2.71. The molecule has 0 N–H and O–H groups in total. The van der Waals surface area contributed by atoms with E-state index in [0.29, 0.717) is 0 Å². The van der Waals surface area contributed by atoms with Gasteiger partial charge in [0.15, 0.2) is 5.43 Å². The van der Waals surface area contributed by atoms with Crippen molar-refractivity contribution in [3.63, 3.8) is 0 Å². The number of ketones is 1. The normalized spacial score (nSPS) is 11.4. The molecule has 0 saturated heterocycles. The first-order chi connectivity index (χ1) is 14.2. The Bertz CT molecular complexity index is 1020. The predicted octanol–water partition coefficient (Wildman–Crippen LogP) is 2.17. The maximum absolute atomic E-state index is 13.1. The summed E-state index contributed by atoms with van der Waals surface area (Å²) in [5, 5.41) is 0. The summed E-state index contributed by atoms with van der Waals surface area (Å²) < 4.78 is 25.5. The minimum Gasteiger partial charge on any atom is -0.497 e. The molecule has 0 amide bonds. The third-order valence-corrected chi connectivity index (χ3v) is 4.15. The van der Waals surface area contributed by atoms with Gasteiger partial charge in [0.2, 0.25) is 5.78 Å². The van der Waals surface area contributed by atoms with Gasteiger partial charge < -0.3 is 23.4 Å². The molecule has 0 unspecified atom stereocenters. The van der Waals surface area contributed by atoms with Crippen LogP contribution in [0.5, 0.6) is 11.5 Å². The summed E-state index contributed by atoms with van der Waals surface area (Å²) in [7, 11) is 3.87. The van der Waals surface area contributed by atoms with Gasteiger partial charge in [-0.25, -0.2) is 4.79 Å². The van der Waals surface area contributed by atoms with E-state index in [4.69, 9.17) is 23.4 Å². The molecule has 1 heterocycles. The third-order valence-electron chi connectivity index (χ3n) is 4.15. The van der Waals surface area contributed by atoms with E-state index in [-0.39, 0.29) is 40.4 Å². The van der Waals surface area contributed by atoms with Crippen LogP contribution in [-0.4, -0.2) is 45.2 Å². The largest absolute Gasteiger partial charge is 0.497 e. The van der Waals surface area contributed by atoms with Crippen molar-refractivity contribution in [1.29, 1.82) is 0 Å². The highest BCUT2D eigenvalue weighted by molar-refractivity contribution is 6.16. The van der Waals surface area contributed by atoms with E-state index in [2.05, 4.69) is 0 Å². The lowest BCUT2D eigenvalue weighted by molar-refractivity contribution is -0.145. The Morgan fingerprint density at radius 2 is 1.73 bits per heavy atom. The van der Waals surface area contributed by atoms with Crippen molar-refractivity contribution in [1.82, 2.24) is 0 Å². The number of methoxy groups -OCH3 is 3. The number of hydrogen-bond acceptors (Lipinski definition) is 9. The van der Waals surface area contributed by atoms with Gasteiger partial charge in [-0.3, -0.25) is 14.4 Å². The van der Waals surface area contributed by atoms with Crippen LogP contribution in [0.3, 0.4) is 0 Å². The maximum Gasteiger partial charge on any atom is 0.338 e. The minimum absolute atomic E-state index is 0.0340. The van der Waals surface area contributed by atoms with Crippen LogP contribution in [0.15, 0.2) is 33.7 Å². The quantitative estimate of drug-likeness (QED) is 0.469. The van der Waals surface area contributed by atoms with Crippen LogP contribution >= 0.6 is 0 Å². The molecule has 0 radical (unpaired) electrons. The van der Waals surface area contributed by atoms with Gasteiger partial charge >= 0.3 is 11.9 Å². The smallest absolute Gasteiger partial charge is 0.338 e. The molecule has 9 heteroatoms. The second-order valence-electron chi connectivity index (χ2n) is 6.32. The van der Waals surface area contributed by atoms with Crippen molar-refractivity contribution < 1.29 is 37.7 Å². The van der Waals surface area contributed by atoms with Crippen molar-refractivity contribution >= 4 is 17.7 Å². The van der Waals surface area contributed by atoms with Gasteiger partial charge in [0.05, 0.1) is 32.5 Å². The van der Waals surface area contributed by atoms with Crippen molar-refractivity contribution in [3.05, 3.63) is 57.1 Å². The molecule has 0 fully saturated rings. The van der Waals surface area contributed by atoms with E-state index in [0.717, 1.165) is 19.4 Å². The van der Waals surface area contributed by atoms with Crippen molar-refractivity contribution in [3.8, 4) is 11.5 Å². The van der Waals surface area contributed by atoms with Gasteiger partial charge in [0.25, 0.3) is 0 Å². The number of ether oxygens (including phenoxy) is 4. The first-order valence-electron chi connectivity index (χ1n) is 8.89. The van der Waals surface area contributed by atoms with Crippen LogP contribution in [-0.2, 0) is 20.7 Å². The van der Waals surface area contributed by atoms with Gasteiger partial charge in [-0.15, -0.1) is 0 Å². The second kappa shape index (κ2) is 9.73. The molecule has 0 aliphatic heterocycles. The topological polar surface area (TPSA) is 118 Å². The van der Waals surface area contributed by atoms with Crippen LogP contribution in [0.1, 0.15) is 45.9 Å². The Morgan fingerprint density at radius 1 is 1.03 bits per heavy atom. The Labute approximate surface area is 172 Å². The molecule has 160 valence electrons. The predicted molar refractivity (Wildman–Crippen MR) is 104 cm³/mol. The molecule has 9 nitrogen and oxygen atoms in total. The van der Waals surface area contributed by atoms with Crippen LogP contribution in [0, 0.1) is 0 Å². The van der Waals surface area contributed by atoms with E-state index in [1.54, 1.807) is 6.92 Å². The number of benzene rings is 1. The van der Waals surface area contributed by atoms with Crippen LogP contribution in [0.25, 0.3) is 0 Å². The average molecular weight is 418 g/mol. The molecule has 2 aromatic rings. The molecule has 1 aromatic heterocycles.